The molecular weight excluding hydrogens is 264 g/mol. The van der Waals surface area contributed by atoms with E-state index in [0.717, 1.165) is 0 Å². The largest absolute Gasteiger partial charge is 0.476 e. The van der Waals surface area contributed by atoms with Crippen molar-refractivity contribution in [3.8, 4) is 0 Å². The fourth-order valence-electron chi connectivity index (χ4n) is 1.20. The van der Waals surface area contributed by atoms with Crippen molar-refractivity contribution in [1.82, 2.24) is 4.98 Å². The van der Waals surface area contributed by atoms with E-state index >= 15 is 0 Å². The average Bonchev–Trinajstić information content (AvgIpc) is 2.38. The molecular formula is C10H13ClN2O5. The highest BCUT2D eigenvalue weighted by molar-refractivity contribution is 6.33. The Balaban J connectivity index is 3.04. The van der Waals surface area contributed by atoms with Crippen LogP contribution in [0.1, 0.15) is 10.5 Å². The first kappa shape index (κ1) is 14.7. The van der Waals surface area contributed by atoms with E-state index in [0.29, 0.717) is 0 Å². The molecule has 0 radical (unpaired) electrons. The van der Waals surface area contributed by atoms with Crippen molar-refractivity contribution in [3.63, 3.8) is 0 Å². The number of hydrogen-bond donors (Lipinski definition) is 5. The number of aliphatic hydroxyl groups excluding tert-OH is 3. The van der Waals surface area contributed by atoms with Gasteiger partial charge in [0.05, 0.1) is 24.8 Å². The molecule has 100 valence electrons. The zero-order chi connectivity index (χ0) is 13.8. The minimum absolute atomic E-state index is 0.0318. The molecule has 0 aliphatic carbocycles. The van der Waals surface area contributed by atoms with E-state index in [1.54, 1.807) is 0 Å². The number of halogens is 1. The summed E-state index contributed by atoms with van der Waals surface area (Å²) in [7, 11) is 0. The summed E-state index contributed by atoms with van der Waals surface area (Å²) in [6.45, 7) is -1.65. The molecule has 7 nitrogen and oxygen atoms in total. The van der Waals surface area contributed by atoms with Gasteiger partial charge in [-0.25, -0.2) is 9.78 Å². The monoisotopic (exact) mass is 276 g/mol. The molecule has 0 amide bonds. The number of carbonyl (C=O) groups is 1. The first-order valence-corrected chi connectivity index (χ1v) is 5.36. The van der Waals surface area contributed by atoms with Crippen molar-refractivity contribution < 1.29 is 25.2 Å². The molecule has 0 fully saturated rings. The second kappa shape index (κ2) is 5.96. The molecule has 8 heteroatoms. The fourth-order valence-corrected chi connectivity index (χ4v) is 1.39. The van der Waals surface area contributed by atoms with Crippen molar-refractivity contribution in [3.05, 3.63) is 22.8 Å². The predicted octanol–water partition coefficient (Wildman–Crippen LogP) is -0.439. The van der Waals surface area contributed by atoms with Gasteiger partial charge in [0, 0.05) is 0 Å². The third-order valence-corrected chi connectivity index (χ3v) is 2.65. The Morgan fingerprint density at radius 2 is 1.83 bits per heavy atom. The lowest BCUT2D eigenvalue weighted by Crippen LogP contribution is -2.49. The number of nitrogens with one attached hydrogen (secondary N) is 1. The second-order valence-corrected chi connectivity index (χ2v) is 4.12. The van der Waals surface area contributed by atoms with Crippen molar-refractivity contribution in [2.45, 2.75) is 5.54 Å². The van der Waals surface area contributed by atoms with E-state index in [2.05, 4.69) is 10.3 Å². The van der Waals surface area contributed by atoms with Gasteiger partial charge in [0.1, 0.15) is 11.4 Å². The zero-order valence-electron chi connectivity index (χ0n) is 9.30. The SMILES string of the molecule is O=C(O)c1nc(NC(CO)(CO)CO)ccc1Cl. The highest BCUT2D eigenvalue weighted by Crippen LogP contribution is 2.19. The lowest BCUT2D eigenvalue weighted by molar-refractivity contribution is 0.0690. The van der Waals surface area contributed by atoms with Crippen molar-refractivity contribution >= 4 is 23.4 Å². The molecule has 0 spiro atoms. The number of rotatable bonds is 6. The molecule has 1 aromatic heterocycles. The number of carboxylic acid groups (broad SMARTS) is 1. The molecule has 0 aliphatic heterocycles. The summed E-state index contributed by atoms with van der Waals surface area (Å²) in [6, 6.07) is 2.70. The number of anilines is 1. The first-order valence-electron chi connectivity index (χ1n) is 4.98. The van der Waals surface area contributed by atoms with Crippen LogP contribution in [-0.4, -0.2) is 56.7 Å². The van der Waals surface area contributed by atoms with Crippen LogP contribution in [0.15, 0.2) is 12.1 Å². The van der Waals surface area contributed by atoms with Crippen molar-refractivity contribution in [2.75, 3.05) is 25.1 Å². The molecule has 0 unspecified atom stereocenters. The molecule has 1 aromatic rings. The number of carboxylic acids is 1. The zero-order valence-corrected chi connectivity index (χ0v) is 10.1. The van der Waals surface area contributed by atoms with Crippen LogP contribution < -0.4 is 5.32 Å². The molecule has 18 heavy (non-hydrogen) atoms. The Morgan fingerprint density at radius 1 is 1.28 bits per heavy atom. The van der Waals surface area contributed by atoms with E-state index in [9.17, 15) is 4.79 Å². The van der Waals surface area contributed by atoms with Crippen LogP contribution in [0.4, 0.5) is 5.82 Å². The molecule has 0 aromatic carbocycles. The standard InChI is InChI=1S/C10H13ClN2O5/c11-6-1-2-7(12-8(6)9(17)18)13-10(3-14,4-15)5-16/h1-2,14-16H,3-5H2,(H,12,13)(H,17,18). The van der Waals surface area contributed by atoms with E-state index in [1.807, 2.05) is 0 Å². The van der Waals surface area contributed by atoms with Gasteiger partial charge in [0.2, 0.25) is 0 Å². The lowest BCUT2D eigenvalue weighted by atomic mass is 10.0. The number of pyridine rings is 1. The Morgan fingerprint density at radius 3 is 2.28 bits per heavy atom. The van der Waals surface area contributed by atoms with Gasteiger partial charge in [-0.15, -0.1) is 0 Å². The minimum atomic E-state index is -1.38. The Bertz CT molecular complexity index is 428. The molecule has 0 bridgehead atoms. The quantitative estimate of drug-likeness (QED) is 0.477. The summed E-state index contributed by atoms with van der Waals surface area (Å²) >= 11 is 5.64. The summed E-state index contributed by atoms with van der Waals surface area (Å²) in [5.74, 6) is -1.22. The molecule has 0 atom stereocenters. The molecule has 0 aliphatic rings. The van der Waals surface area contributed by atoms with E-state index in [4.69, 9.17) is 32.0 Å². The van der Waals surface area contributed by atoms with Gasteiger partial charge in [-0.05, 0) is 12.1 Å². The van der Waals surface area contributed by atoms with Gasteiger partial charge in [-0.2, -0.15) is 0 Å². The number of nitrogens with zero attached hydrogens (tertiary/aromatic N) is 1. The second-order valence-electron chi connectivity index (χ2n) is 3.71. The molecule has 0 saturated heterocycles. The van der Waals surface area contributed by atoms with Gasteiger partial charge >= 0.3 is 5.97 Å². The van der Waals surface area contributed by atoms with Crippen LogP contribution in [-0.2, 0) is 0 Å². The molecule has 5 N–H and O–H groups in total. The molecule has 1 heterocycles. The third-order valence-electron chi connectivity index (χ3n) is 2.35. The average molecular weight is 277 g/mol. The smallest absolute Gasteiger partial charge is 0.356 e. The van der Waals surface area contributed by atoms with Crippen LogP contribution in [0.5, 0.6) is 0 Å². The Labute approximate surface area is 108 Å². The van der Waals surface area contributed by atoms with Gasteiger partial charge in [-0.1, -0.05) is 11.6 Å². The fraction of sp³-hybridized carbons (Fsp3) is 0.400. The number of hydrogen-bond acceptors (Lipinski definition) is 6. The van der Waals surface area contributed by atoms with Crippen LogP contribution in [0.25, 0.3) is 0 Å². The van der Waals surface area contributed by atoms with E-state index in [1.165, 1.54) is 12.1 Å². The highest BCUT2D eigenvalue weighted by Gasteiger charge is 2.28. The van der Waals surface area contributed by atoms with Gasteiger partial charge in [-0.3, -0.25) is 0 Å². The molecule has 1 rings (SSSR count). The Kier molecular flexibility index (Phi) is 4.85. The number of aliphatic hydroxyl groups is 3. The molecule has 0 saturated carbocycles. The van der Waals surface area contributed by atoms with Crippen LogP contribution in [0, 0.1) is 0 Å². The summed E-state index contributed by atoms with van der Waals surface area (Å²) in [5.41, 5.74) is -1.74. The van der Waals surface area contributed by atoms with Crippen LogP contribution >= 0.6 is 11.6 Å². The number of aromatic carboxylic acids is 1. The highest BCUT2D eigenvalue weighted by atomic mass is 35.5. The van der Waals surface area contributed by atoms with Crippen LogP contribution in [0.3, 0.4) is 0 Å². The maximum atomic E-state index is 10.8. The summed E-state index contributed by atoms with van der Waals surface area (Å²) in [6.07, 6.45) is 0. The van der Waals surface area contributed by atoms with Gasteiger partial charge < -0.3 is 25.7 Å². The normalized spacial score (nSPS) is 11.3. The number of aromatic nitrogens is 1. The summed E-state index contributed by atoms with van der Waals surface area (Å²) in [4.78, 5) is 14.5. The van der Waals surface area contributed by atoms with Crippen molar-refractivity contribution in [1.29, 1.82) is 0 Å². The topological polar surface area (TPSA) is 123 Å². The first-order chi connectivity index (χ1) is 8.48. The van der Waals surface area contributed by atoms with Crippen molar-refractivity contribution in [2.24, 2.45) is 0 Å². The third kappa shape index (κ3) is 3.08. The maximum absolute atomic E-state index is 10.8. The van der Waals surface area contributed by atoms with E-state index < -0.39 is 31.3 Å². The maximum Gasteiger partial charge on any atom is 0.356 e. The predicted molar refractivity (Wildman–Crippen MR) is 63.8 cm³/mol. The van der Waals surface area contributed by atoms with Gasteiger partial charge in [0.25, 0.3) is 0 Å². The van der Waals surface area contributed by atoms with Gasteiger partial charge in [0.15, 0.2) is 5.69 Å². The van der Waals surface area contributed by atoms with E-state index in [-0.39, 0.29) is 16.5 Å². The Hall–Kier alpha value is -1.41. The summed E-state index contributed by atoms with van der Waals surface area (Å²) < 4.78 is 0. The summed E-state index contributed by atoms with van der Waals surface area (Å²) in [5, 5.41) is 38.7. The van der Waals surface area contributed by atoms with Crippen LogP contribution in [0.2, 0.25) is 5.02 Å². The lowest BCUT2D eigenvalue weighted by Gasteiger charge is -2.29. The minimum Gasteiger partial charge on any atom is -0.476 e.